The molecule has 1 atom stereocenters. The number of β-amino-alcohol motifs (C(OH)–C–C–N with tert-alkyl or cyclic N) is 1. The van der Waals surface area contributed by atoms with Crippen molar-refractivity contribution >= 4 is 0 Å². The van der Waals surface area contributed by atoms with Crippen molar-refractivity contribution in [3.05, 3.63) is 60.2 Å². The molecule has 3 rings (SSSR count). The van der Waals surface area contributed by atoms with Crippen molar-refractivity contribution in [2.75, 3.05) is 19.6 Å². The molecule has 1 saturated heterocycles. The van der Waals surface area contributed by atoms with E-state index in [1.165, 1.54) is 16.7 Å². The Morgan fingerprint density at radius 2 is 1.67 bits per heavy atom. The van der Waals surface area contributed by atoms with Crippen LogP contribution in [-0.4, -0.2) is 46.5 Å². The van der Waals surface area contributed by atoms with Crippen molar-refractivity contribution in [2.24, 2.45) is 0 Å². The standard InChI is InChI=1S/C24H33NO2/c1-2-3-13-24(27)14-16-25(17-15-24)19-22(26)18-21-11-7-8-12-23(21)20-9-5-4-6-10-20/h4-12,22,26-27H,2-3,13-19H2,1H3. The molecule has 146 valence electrons. The summed E-state index contributed by atoms with van der Waals surface area (Å²) in [6, 6.07) is 18.7. The first-order chi connectivity index (χ1) is 13.1. The Bertz CT molecular complexity index is 693. The molecule has 3 nitrogen and oxygen atoms in total. The van der Waals surface area contributed by atoms with Crippen LogP contribution in [0.15, 0.2) is 54.6 Å². The molecule has 0 amide bonds. The first-order valence-corrected chi connectivity index (χ1v) is 10.4. The Hall–Kier alpha value is -1.68. The average molecular weight is 368 g/mol. The maximum absolute atomic E-state index is 10.7. The van der Waals surface area contributed by atoms with E-state index in [0.29, 0.717) is 13.0 Å². The molecule has 1 heterocycles. The Labute approximate surface area is 163 Å². The Morgan fingerprint density at radius 3 is 2.37 bits per heavy atom. The molecule has 1 unspecified atom stereocenters. The molecule has 0 aromatic heterocycles. The maximum atomic E-state index is 10.7. The molecule has 0 radical (unpaired) electrons. The summed E-state index contributed by atoms with van der Waals surface area (Å²) in [4.78, 5) is 2.30. The largest absolute Gasteiger partial charge is 0.391 e. The van der Waals surface area contributed by atoms with E-state index in [1.807, 2.05) is 12.1 Å². The van der Waals surface area contributed by atoms with E-state index in [9.17, 15) is 10.2 Å². The van der Waals surface area contributed by atoms with E-state index in [4.69, 9.17) is 0 Å². The quantitative estimate of drug-likeness (QED) is 0.732. The van der Waals surface area contributed by atoms with E-state index in [1.54, 1.807) is 0 Å². The van der Waals surface area contributed by atoms with Crippen molar-refractivity contribution < 1.29 is 10.2 Å². The Morgan fingerprint density at radius 1 is 1.00 bits per heavy atom. The van der Waals surface area contributed by atoms with Gasteiger partial charge in [-0.15, -0.1) is 0 Å². The van der Waals surface area contributed by atoms with Crippen LogP contribution < -0.4 is 0 Å². The summed E-state index contributed by atoms with van der Waals surface area (Å²) in [6.07, 6.45) is 5.03. The SMILES string of the molecule is CCCCC1(O)CCN(CC(O)Cc2ccccc2-c2ccccc2)CC1. The minimum Gasteiger partial charge on any atom is -0.391 e. The summed E-state index contributed by atoms with van der Waals surface area (Å²) in [5.41, 5.74) is 3.09. The number of nitrogens with zero attached hydrogens (tertiary/aromatic N) is 1. The van der Waals surface area contributed by atoms with Gasteiger partial charge in [-0.3, -0.25) is 0 Å². The monoisotopic (exact) mass is 367 g/mol. The zero-order valence-corrected chi connectivity index (χ0v) is 16.5. The van der Waals surface area contributed by atoms with Crippen LogP contribution in [0.25, 0.3) is 11.1 Å². The summed E-state index contributed by atoms with van der Waals surface area (Å²) in [7, 11) is 0. The number of aliphatic hydroxyl groups is 2. The second-order valence-corrected chi connectivity index (χ2v) is 8.01. The van der Waals surface area contributed by atoms with Gasteiger partial charge in [-0.25, -0.2) is 0 Å². The molecular weight excluding hydrogens is 334 g/mol. The van der Waals surface area contributed by atoms with Crippen LogP contribution in [0.3, 0.4) is 0 Å². The third-order valence-electron chi connectivity index (χ3n) is 5.81. The van der Waals surface area contributed by atoms with Gasteiger partial charge in [0, 0.05) is 26.1 Å². The summed E-state index contributed by atoms with van der Waals surface area (Å²) in [6.45, 7) is 4.59. The van der Waals surface area contributed by atoms with Crippen molar-refractivity contribution in [3.8, 4) is 11.1 Å². The number of benzene rings is 2. The smallest absolute Gasteiger partial charge is 0.0707 e. The predicted octanol–water partition coefficient (Wildman–Crippen LogP) is 4.27. The summed E-state index contributed by atoms with van der Waals surface area (Å²) in [5.74, 6) is 0. The summed E-state index contributed by atoms with van der Waals surface area (Å²) >= 11 is 0. The lowest BCUT2D eigenvalue weighted by molar-refractivity contribution is -0.0366. The van der Waals surface area contributed by atoms with Crippen LogP contribution in [-0.2, 0) is 6.42 Å². The second-order valence-electron chi connectivity index (χ2n) is 8.01. The van der Waals surface area contributed by atoms with Gasteiger partial charge in [0.1, 0.15) is 0 Å². The molecule has 1 fully saturated rings. The van der Waals surface area contributed by atoms with Gasteiger partial charge in [0.2, 0.25) is 0 Å². The lowest BCUT2D eigenvalue weighted by atomic mass is 9.86. The van der Waals surface area contributed by atoms with Crippen LogP contribution in [0.4, 0.5) is 0 Å². The molecule has 2 aromatic carbocycles. The first-order valence-electron chi connectivity index (χ1n) is 10.4. The minimum atomic E-state index is -0.489. The molecule has 3 heteroatoms. The molecule has 27 heavy (non-hydrogen) atoms. The summed E-state index contributed by atoms with van der Waals surface area (Å²) < 4.78 is 0. The van der Waals surface area contributed by atoms with Gasteiger partial charge >= 0.3 is 0 Å². The van der Waals surface area contributed by atoms with Crippen LogP contribution in [0, 0.1) is 0 Å². The van der Waals surface area contributed by atoms with E-state index in [2.05, 4.69) is 54.3 Å². The lowest BCUT2D eigenvalue weighted by Crippen LogP contribution is -2.46. The third-order valence-corrected chi connectivity index (χ3v) is 5.81. The highest BCUT2D eigenvalue weighted by Crippen LogP contribution is 2.28. The molecule has 0 saturated carbocycles. The van der Waals surface area contributed by atoms with Gasteiger partial charge in [0.15, 0.2) is 0 Å². The number of hydrogen-bond donors (Lipinski definition) is 2. The zero-order valence-electron chi connectivity index (χ0n) is 16.5. The van der Waals surface area contributed by atoms with Crippen molar-refractivity contribution in [1.29, 1.82) is 0 Å². The van der Waals surface area contributed by atoms with Crippen LogP contribution >= 0.6 is 0 Å². The minimum absolute atomic E-state index is 0.392. The molecule has 0 aliphatic carbocycles. The van der Waals surface area contributed by atoms with E-state index in [0.717, 1.165) is 45.2 Å². The van der Waals surface area contributed by atoms with E-state index < -0.39 is 11.7 Å². The molecule has 0 spiro atoms. The van der Waals surface area contributed by atoms with Gasteiger partial charge in [-0.2, -0.15) is 0 Å². The predicted molar refractivity (Wildman–Crippen MR) is 112 cm³/mol. The number of piperidine rings is 1. The number of rotatable bonds is 8. The van der Waals surface area contributed by atoms with Crippen LogP contribution in [0.2, 0.25) is 0 Å². The number of likely N-dealkylation sites (tertiary alicyclic amines) is 1. The van der Waals surface area contributed by atoms with Crippen molar-refractivity contribution in [1.82, 2.24) is 4.90 Å². The fraction of sp³-hybridized carbons (Fsp3) is 0.500. The molecule has 2 aromatic rings. The van der Waals surface area contributed by atoms with Crippen molar-refractivity contribution in [2.45, 2.75) is 57.2 Å². The Kier molecular flexibility index (Phi) is 7.06. The highest BCUT2D eigenvalue weighted by molar-refractivity contribution is 5.67. The first kappa shape index (κ1) is 20.1. The van der Waals surface area contributed by atoms with Gasteiger partial charge in [0.05, 0.1) is 11.7 Å². The molecule has 0 bridgehead atoms. The average Bonchev–Trinajstić information content (AvgIpc) is 2.69. The topological polar surface area (TPSA) is 43.7 Å². The van der Waals surface area contributed by atoms with Crippen LogP contribution in [0.1, 0.15) is 44.6 Å². The zero-order chi connectivity index (χ0) is 19.1. The highest BCUT2D eigenvalue weighted by atomic mass is 16.3. The third kappa shape index (κ3) is 5.65. The second kappa shape index (κ2) is 9.50. The molecular formula is C24H33NO2. The summed E-state index contributed by atoms with van der Waals surface area (Å²) in [5, 5.41) is 21.4. The molecule has 1 aliphatic heterocycles. The number of aliphatic hydroxyl groups excluding tert-OH is 1. The van der Waals surface area contributed by atoms with Gasteiger partial charge < -0.3 is 15.1 Å². The molecule has 1 aliphatic rings. The molecule has 2 N–H and O–H groups in total. The maximum Gasteiger partial charge on any atom is 0.0707 e. The van der Waals surface area contributed by atoms with Gasteiger partial charge in [-0.05, 0) is 36.0 Å². The van der Waals surface area contributed by atoms with Crippen LogP contribution in [0.5, 0.6) is 0 Å². The fourth-order valence-electron chi connectivity index (χ4n) is 4.12. The lowest BCUT2D eigenvalue weighted by Gasteiger charge is -2.39. The normalized spacial score (nSPS) is 18.3. The van der Waals surface area contributed by atoms with E-state index in [-0.39, 0.29) is 0 Å². The number of hydrogen-bond acceptors (Lipinski definition) is 3. The highest BCUT2D eigenvalue weighted by Gasteiger charge is 2.32. The van der Waals surface area contributed by atoms with Gasteiger partial charge in [0.25, 0.3) is 0 Å². The van der Waals surface area contributed by atoms with E-state index >= 15 is 0 Å². The number of unbranched alkanes of at least 4 members (excludes halogenated alkanes) is 1. The van der Waals surface area contributed by atoms with Crippen molar-refractivity contribution in [3.63, 3.8) is 0 Å². The Balaban J connectivity index is 1.56. The fourth-order valence-corrected chi connectivity index (χ4v) is 4.12. The van der Waals surface area contributed by atoms with Gasteiger partial charge in [-0.1, -0.05) is 74.4 Å².